The summed E-state index contributed by atoms with van der Waals surface area (Å²) in [4.78, 5) is 0. The molecule has 5 aromatic rings. The second-order valence-electron chi connectivity index (χ2n) is 7.51. The maximum absolute atomic E-state index is 3.32. The van der Waals surface area contributed by atoms with Crippen molar-refractivity contribution in [1.82, 2.24) is 0 Å². The number of fused-ring (bicyclic) bond motifs is 3. The summed E-state index contributed by atoms with van der Waals surface area (Å²) in [7, 11) is 0. The molecule has 29 heavy (non-hydrogen) atoms. The largest absolute Gasteiger partial charge is 0.135 e. The molecule has 0 aliphatic carbocycles. The molecule has 0 saturated carbocycles. The lowest BCUT2D eigenvalue weighted by Gasteiger charge is -2.02. The van der Waals surface area contributed by atoms with E-state index in [1.54, 1.807) is 0 Å². The van der Waals surface area contributed by atoms with Crippen LogP contribution in [0.4, 0.5) is 0 Å². The highest BCUT2D eigenvalue weighted by Crippen LogP contribution is 2.36. The summed E-state index contributed by atoms with van der Waals surface area (Å²) < 4.78 is 2.61. The fraction of sp³-hybridized carbons (Fsp3) is 0.0714. The molecule has 0 amide bonds. The third kappa shape index (κ3) is 3.56. The molecule has 0 saturated heterocycles. The van der Waals surface area contributed by atoms with E-state index in [1.807, 2.05) is 11.3 Å². The molecule has 0 aliphatic rings. The third-order valence-corrected chi connectivity index (χ3v) is 6.38. The van der Waals surface area contributed by atoms with Gasteiger partial charge in [-0.15, -0.1) is 11.3 Å². The average Bonchev–Trinajstić information content (AvgIpc) is 3.11. The van der Waals surface area contributed by atoms with Crippen molar-refractivity contribution in [1.29, 1.82) is 0 Å². The molecular formula is C28H20S. The van der Waals surface area contributed by atoms with E-state index < -0.39 is 0 Å². The molecular weight excluding hydrogens is 368 g/mol. The Balaban J connectivity index is 1.53. The predicted molar refractivity (Wildman–Crippen MR) is 127 cm³/mol. The summed E-state index contributed by atoms with van der Waals surface area (Å²) >= 11 is 1.84. The summed E-state index contributed by atoms with van der Waals surface area (Å²) in [6.45, 7) is 4.22. The second-order valence-corrected chi connectivity index (χ2v) is 8.59. The molecule has 1 heterocycles. The van der Waals surface area contributed by atoms with E-state index in [2.05, 4.69) is 111 Å². The Morgan fingerprint density at radius 1 is 0.517 bits per heavy atom. The molecule has 1 aromatic heterocycles. The Morgan fingerprint density at radius 2 is 1.03 bits per heavy atom. The molecule has 1 heteroatoms. The fourth-order valence-electron chi connectivity index (χ4n) is 3.56. The monoisotopic (exact) mass is 388 g/mol. The van der Waals surface area contributed by atoms with Crippen LogP contribution >= 0.6 is 11.3 Å². The summed E-state index contributed by atoms with van der Waals surface area (Å²) in [6, 6.07) is 30.4. The standard InChI is InChI=1S/C28H20S/c1-19-3-7-21(8-4-19)9-10-22-11-15-25-26-16-14-24(18-28(26)29-27(25)17-22)23-12-5-20(2)6-13-23/h3-8,11-18H,1-2H3. The highest BCUT2D eigenvalue weighted by atomic mass is 32.1. The molecule has 0 aliphatic heterocycles. The minimum atomic E-state index is 1.05. The highest BCUT2D eigenvalue weighted by Gasteiger charge is 2.07. The van der Waals surface area contributed by atoms with Gasteiger partial charge >= 0.3 is 0 Å². The van der Waals surface area contributed by atoms with Gasteiger partial charge in [-0.25, -0.2) is 0 Å². The van der Waals surface area contributed by atoms with Crippen LogP contribution in [0.1, 0.15) is 22.3 Å². The summed E-state index contributed by atoms with van der Waals surface area (Å²) in [6.07, 6.45) is 0. The SMILES string of the molecule is Cc1ccc(C#Cc2ccc3c(c2)sc2cc(-c4ccc(C)cc4)ccc23)cc1. The molecule has 0 nitrogen and oxygen atoms in total. The van der Waals surface area contributed by atoms with Crippen LogP contribution in [0.3, 0.4) is 0 Å². The van der Waals surface area contributed by atoms with Crippen molar-refractivity contribution in [3.63, 3.8) is 0 Å². The Kier molecular flexibility index (Phi) is 4.43. The topological polar surface area (TPSA) is 0 Å². The van der Waals surface area contributed by atoms with Gasteiger partial charge in [0.15, 0.2) is 0 Å². The van der Waals surface area contributed by atoms with Crippen LogP contribution in [0.2, 0.25) is 0 Å². The Morgan fingerprint density at radius 3 is 1.76 bits per heavy atom. The second kappa shape index (κ2) is 7.24. The van der Waals surface area contributed by atoms with Crippen LogP contribution in [0.5, 0.6) is 0 Å². The lowest BCUT2D eigenvalue weighted by molar-refractivity contribution is 1.46. The molecule has 4 aromatic carbocycles. The smallest absolute Gasteiger partial charge is 0.0367 e. The van der Waals surface area contributed by atoms with Gasteiger partial charge in [-0.05, 0) is 55.3 Å². The van der Waals surface area contributed by atoms with Crippen molar-refractivity contribution in [3.05, 3.63) is 107 Å². The van der Waals surface area contributed by atoms with Gasteiger partial charge in [0.05, 0.1) is 0 Å². The van der Waals surface area contributed by atoms with Crippen LogP contribution in [-0.4, -0.2) is 0 Å². The number of hydrogen-bond acceptors (Lipinski definition) is 1. The van der Waals surface area contributed by atoms with Gasteiger partial charge in [0, 0.05) is 31.3 Å². The van der Waals surface area contributed by atoms with Gasteiger partial charge in [0.25, 0.3) is 0 Å². The number of aryl methyl sites for hydroxylation is 2. The number of rotatable bonds is 1. The summed E-state index contributed by atoms with van der Waals surface area (Å²) in [5, 5.41) is 2.63. The van der Waals surface area contributed by atoms with Crippen LogP contribution in [-0.2, 0) is 0 Å². The van der Waals surface area contributed by atoms with Crippen molar-refractivity contribution in [2.45, 2.75) is 13.8 Å². The Bertz CT molecular complexity index is 1390. The molecule has 5 rings (SSSR count). The Hall–Kier alpha value is -3.34. The zero-order chi connectivity index (χ0) is 19.8. The number of hydrogen-bond donors (Lipinski definition) is 0. The third-order valence-electron chi connectivity index (χ3n) is 5.26. The first-order valence-corrected chi connectivity index (χ1v) is 10.6. The van der Waals surface area contributed by atoms with E-state index >= 15 is 0 Å². The van der Waals surface area contributed by atoms with E-state index in [0.29, 0.717) is 0 Å². The van der Waals surface area contributed by atoms with Gasteiger partial charge in [0.1, 0.15) is 0 Å². The fourth-order valence-corrected chi connectivity index (χ4v) is 4.75. The number of benzene rings is 4. The van der Waals surface area contributed by atoms with Gasteiger partial charge in [-0.2, -0.15) is 0 Å². The first-order chi connectivity index (χ1) is 14.2. The van der Waals surface area contributed by atoms with Crippen LogP contribution in [0.25, 0.3) is 31.3 Å². The molecule has 0 radical (unpaired) electrons. The van der Waals surface area contributed by atoms with Crippen molar-refractivity contribution >= 4 is 31.5 Å². The van der Waals surface area contributed by atoms with Gasteiger partial charge in [0.2, 0.25) is 0 Å². The summed E-state index contributed by atoms with van der Waals surface area (Å²) in [5.41, 5.74) is 7.18. The maximum Gasteiger partial charge on any atom is 0.0367 e. The van der Waals surface area contributed by atoms with E-state index in [-0.39, 0.29) is 0 Å². The predicted octanol–water partition coefficient (Wildman–Crippen LogP) is 7.74. The van der Waals surface area contributed by atoms with Crippen molar-refractivity contribution in [3.8, 4) is 23.0 Å². The first-order valence-electron chi connectivity index (χ1n) is 9.78. The van der Waals surface area contributed by atoms with Gasteiger partial charge in [-0.1, -0.05) is 77.6 Å². The Labute approximate surface area is 175 Å². The van der Waals surface area contributed by atoms with Gasteiger partial charge < -0.3 is 0 Å². The highest BCUT2D eigenvalue weighted by molar-refractivity contribution is 7.25. The van der Waals surface area contributed by atoms with Crippen LogP contribution in [0.15, 0.2) is 84.9 Å². The van der Waals surface area contributed by atoms with Crippen LogP contribution in [0, 0.1) is 25.7 Å². The molecule has 0 unspecified atom stereocenters. The lowest BCUT2D eigenvalue weighted by Crippen LogP contribution is -1.78. The first kappa shape index (κ1) is 17.7. The quantitative estimate of drug-likeness (QED) is 0.258. The van der Waals surface area contributed by atoms with Crippen molar-refractivity contribution in [2.75, 3.05) is 0 Å². The molecule has 138 valence electrons. The zero-order valence-electron chi connectivity index (χ0n) is 16.5. The van der Waals surface area contributed by atoms with Crippen molar-refractivity contribution in [2.24, 2.45) is 0 Å². The van der Waals surface area contributed by atoms with Crippen LogP contribution < -0.4 is 0 Å². The lowest BCUT2D eigenvalue weighted by atomic mass is 10.0. The normalized spacial score (nSPS) is 10.8. The summed E-state index contributed by atoms with van der Waals surface area (Å²) in [5.74, 6) is 6.59. The van der Waals surface area contributed by atoms with E-state index in [0.717, 1.165) is 11.1 Å². The molecule has 0 N–H and O–H groups in total. The molecule has 0 fully saturated rings. The van der Waals surface area contributed by atoms with Gasteiger partial charge in [-0.3, -0.25) is 0 Å². The molecule has 0 atom stereocenters. The molecule has 0 bridgehead atoms. The van der Waals surface area contributed by atoms with E-state index in [9.17, 15) is 0 Å². The van der Waals surface area contributed by atoms with Crippen molar-refractivity contribution < 1.29 is 0 Å². The molecule has 0 spiro atoms. The minimum absolute atomic E-state index is 1.05. The zero-order valence-corrected chi connectivity index (χ0v) is 17.3. The number of thiophene rings is 1. The van der Waals surface area contributed by atoms with E-state index in [1.165, 1.54) is 42.4 Å². The minimum Gasteiger partial charge on any atom is -0.135 e. The average molecular weight is 389 g/mol. The maximum atomic E-state index is 3.32. The van der Waals surface area contributed by atoms with E-state index in [4.69, 9.17) is 0 Å².